The number of nitrogens with zero attached hydrogens (tertiary/aromatic N) is 1. The smallest absolute Gasteiger partial charge is 0.411 e. The molecule has 1 aromatic heterocycles. The number of fused-ring (bicyclic) bond motifs is 2. The van der Waals surface area contributed by atoms with Crippen LogP contribution in [-0.2, 0) is 9.53 Å². The molecule has 28 heavy (non-hydrogen) atoms. The lowest BCUT2D eigenvalue weighted by molar-refractivity contribution is -0.121. The van der Waals surface area contributed by atoms with Gasteiger partial charge in [-0.2, -0.15) is 0 Å². The van der Waals surface area contributed by atoms with Gasteiger partial charge in [-0.15, -0.1) is 0 Å². The maximum atomic E-state index is 12.6. The number of imidazole rings is 1. The van der Waals surface area contributed by atoms with Crippen molar-refractivity contribution in [1.82, 2.24) is 20.6 Å². The van der Waals surface area contributed by atoms with E-state index in [1.54, 1.807) is 25.3 Å². The van der Waals surface area contributed by atoms with Gasteiger partial charge < -0.3 is 20.8 Å². The fraction of sp³-hybridized carbons (Fsp3) is 0.550. The normalized spacial score (nSPS) is 25.9. The van der Waals surface area contributed by atoms with Gasteiger partial charge in [-0.3, -0.25) is 10.1 Å². The van der Waals surface area contributed by atoms with Crippen LogP contribution in [-0.4, -0.2) is 29.1 Å². The molecule has 0 spiro atoms. The van der Waals surface area contributed by atoms with Gasteiger partial charge in [-0.25, -0.2) is 9.78 Å². The average Bonchev–Trinajstić information content (AvgIpc) is 3.15. The number of aromatic nitrogens is 2. The molecule has 2 bridgehead atoms. The number of ether oxygens (including phenoxy) is 1. The Morgan fingerprint density at radius 3 is 2.82 bits per heavy atom. The van der Waals surface area contributed by atoms with Crippen molar-refractivity contribution in [1.29, 1.82) is 0 Å². The number of nitrogens with one attached hydrogen (secondary N) is 3. The first-order valence-electron chi connectivity index (χ1n) is 9.67. The van der Waals surface area contributed by atoms with Crippen molar-refractivity contribution in [2.45, 2.75) is 58.4 Å². The van der Waals surface area contributed by atoms with E-state index in [9.17, 15) is 9.59 Å². The number of carbonyl (C=O) groups is 2. The number of carbonyl (C=O) groups excluding carboxylic acids is 2. The Kier molecular flexibility index (Phi) is 7.80. The van der Waals surface area contributed by atoms with E-state index in [1.807, 2.05) is 6.92 Å². The van der Waals surface area contributed by atoms with Gasteiger partial charge in [-0.05, 0) is 25.3 Å². The third-order valence-corrected chi connectivity index (χ3v) is 4.98. The number of amides is 2. The number of alkyl carbamates (subject to hydrolysis) is 1. The summed E-state index contributed by atoms with van der Waals surface area (Å²) in [6, 6.07) is -0.155. The molecule has 0 aromatic carbocycles. The largest absolute Gasteiger partial charge is 0.453 e. The summed E-state index contributed by atoms with van der Waals surface area (Å²) in [5.74, 6) is 0.772. The van der Waals surface area contributed by atoms with Crippen LogP contribution in [0.4, 0.5) is 4.79 Å². The first kappa shape index (κ1) is 21.7. The van der Waals surface area contributed by atoms with E-state index in [-0.39, 0.29) is 23.8 Å². The second-order valence-electron chi connectivity index (χ2n) is 7.30. The molecule has 154 valence electrons. The Morgan fingerprint density at radius 1 is 1.39 bits per heavy atom. The van der Waals surface area contributed by atoms with Crippen LogP contribution in [0.5, 0.6) is 0 Å². The highest BCUT2D eigenvalue weighted by atomic mass is 16.5. The van der Waals surface area contributed by atoms with Crippen LogP contribution in [0.1, 0.15) is 69.9 Å². The standard InChI is InChI=1S/C20H31N5O3/c1-5-14(23-20(27)28-4)10-16-13(3)17-11-22-19(25-17)15(21)8-6-7-12(2)9-18(26)24-16/h5,10-13,15H,6-9,21H2,1-4H3,(H,22,25)(H,23,27)(H,24,26)/b14-5+,16-10+/t12-,13-,15+/m1/s1. The van der Waals surface area contributed by atoms with Crippen LogP contribution in [0, 0.1) is 5.92 Å². The Morgan fingerprint density at radius 2 is 2.14 bits per heavy atom. The molecule has 2 amide bonds. The number of hydrogen-bond acceptors (Lipinski definition) is 5. The number of H-pyrrole nitrogens is 1. The molecule has 2 heterocycles. The molecule has 1 aliphatic rings. The topological polar surface area (TPSA) is 122 Å². The van der Waals surface area contributed by atoms with Gasteiger partial charge in [0, 0.05) is 35.6 Å². The predicted octanol–water partition coefficient (Wildman–Crippen LogP) is 2.98. The molecule has 0 saturated carbocycles. The van der Waals surface area contributed by atoms with Gasteiger partial charge in [-0.1, -0.05) is 32.8 Å². The zero-order valence-corrected chi connectivity index (χ0v) is 17.0. The molecule has 1 aromatic rings. The zero-order valence-electron chi connectivity index (χ0n) is 17.0. The lowest BCUT2D eigenvalue weighted by Gasteiger charge is -2.18. The number of aromatic amines is 1. The van der Waals surface area contributed by atoms with Gasteiger partial charge in [0.15, 0.2) is 0 Å². The minimum atomic E-state index is -0.572. The second-order valence-corrected chi connectivity index (χ2v) is 7.30. The molecule has 0 fully saturated rings. The quantitative estimate of drug-likeness (QED) is 0.619. The molecule has 1 aliphatic heterocycles. The molecule has 3 atom stereocenters. The van der Waals surface area contributed by atoms with E-state index < -0.39 is 6.09 Å². The third kappa shape index (κ3) is 5.95. The summed E-state index contributed by atoms with van der Waals surface area (Å²) >= 11 is 0. The van der Waals surface area contributed by atoms with Crippen molar-refractivity contribution in [3.05, 3.63) is 41.3 Å². The van der Waals surface area contributed by atoms with Crippen LogP contribution in [0.15, 0.2) is 29.7 Å². The summed E-state index contributed by atoms with van der Waals surface area (Å²) in [5.41, 5.74) is 8.30. The summed E-state index contributed by atoms with van der Waals surface area (Å²) in [6.45, 7) is 5.82. The lowest BCUT2D eigenvalue weighted by atomic mass is 9.98. The highest BCUT2D eigenvalue weighted by Gasteiger charge is 2.21. The second kappa shape index (κ2) is 10.1. The van der Waals surface area contributed by atoms with Crippen molar-refractivity contribution in [2.24, 2.45) is 11.7 Å². The monoisotopic (exact) mass is 389 g/mol. The van der Waals surface area contributed by atoms with Crippen LogP contribution >= 0.6 is 0 Å². The van der Waals surface area contributed by atoms with E-state index in [0.717, 1.165) is 30.8 Å². The summed E-state index contributed by atoms with van der Waals surface area (Å²) < 4.78 is 4.66. The van der Waals surface area contributed by atoms with E-state index >= 15 is 0 Å². The van der Waals surface area contributed by atoms with Crippen LogP contribution in [0.25, 0.3) is 0 Å². The lowest BCUT2D eigenvalue weighted by Crippen LogP contribution is -2.29. The van der Waals surface area contributed by atoms with E-state index in [4.69, 9.17) is 5.73 Å². The molecule has 2 rings (SSSR count). The predicted molar refractivity (Wildman–Crippen MR) is 107 cm³/mol. The van der Waals surface area contributed by atoms with Gasteiger partial charge in [0.2, 0.25) is 5.91 Å². The maximum absolute atomic E-state index is 12.6. The van der Waals surface area contributed by atoms with E-state index in [0.29, 0.717) is 17.8 Å². The number of nitrogens with two attached hydrogens (primary N) is 1. The van der Waals surface area contributed by atoms with Gasteiger partial charge in [0.25, 0.3) is 0 Å². The Balaban J connectivity index is 2.38. The molecule has 0 radical (unpaired) electrons. The minimum Gasteiger partial charge on any atom is -0.453 e. The minimum absolute atomic E-state index is 0.0533. The molecular formula is C20H31N5O3. The number of allylic oxidation sites excluding steroid dienone is 3. The first-order valence-corrected chi connectivity index (χ1v) is 9.67. The molecule has 5 N–H and O–H groups in total. The van der Waals surface area contributed by atoms with Crippen LogP contribution in [0.3, 0.4) is 0 Å². The maximum Gasteiger partial charge on any atom is 0.411 e. The Bertz CT molecular complexity index is 753. The Hall–Kier alpha value is -2.61. The number of hydrogen-bond donors (Lipinski definition) is 4. The first-order chi connectivity index (χ1) is 13.3. The molecular weight excluding hydrogens is 358 g/mol. The van der Waals surface area contributed by atoms with Crippen LogP contribution in [0.2, 0.25) is 0 Å². The highest BCUT2D eigenvalue weighted by Crippen LogP contribution is 2.25. The van der Waals surface area contributed by atoms with Gasteiger partial charge in [0.1, 0.15) is 5.82 Å². The van der Waals surface area contributed by atoms with Crippen molar-refractivity contribution < 1.29 is 14.3 Å². The Labute approximate surface area is 166 Å². The fourth-order valence-electron chi connectivity index (χ4n) is 3.18. The van der Waals surface area contributed by atoms with Gasteiger partial charge >= 0.3 is 6.09 Å². The SMILES string of the molecule is C/C=C(\C=C1\NC(=O)C[C@H](C)CCC[C@H](N)c2ncc([nH]2)[C@@H]1C)NC(=O)OC. The van der Waals surface area contributed by atoms with Crippen molar-refractivity contribution in [3.8, 4) is 0 Å². The van der Waals surface area contributed by atoms with Gasteiger partial charge in [0.05, 0.1) is 13.2 Å². The third-order valence-electron chi connectivity index (χ3n) is 4.98. The van der Waals surface area contributed by atoms with Crippen molar-refractivity contribution >= 4 is 12.0 Å². The summed E-state index contributed by atoms with van der Waals surface area (Å²) in [7, 11) is 1.30. The molecule has 8 nitrogen and oxygen atoms in total. The molecule has 0 unspecified atom stereocenters. The fourth-order valence-corrected chi connectivity index (χ4v) is 3.18. The van der Waals surface area contributed by atoms with Crippen molar-refractivity contribution in [2.75, 3.05) is 7.11 Å². The number of rotatable bonds is 2. The molecule has 0 saturated heterocycles. The molecule has 8 heteroatoms. The summed E-state index contributed by atoms with van der Waals surface area (Å²) in [5, 5.41) is 5.65. The molecule has 0 aliphatic carbocycles. The summed E-state index contributed by atoms with van der Waals surface area (Å²) in [4.78, 5) is 31.9. The zero-order chi connectivity index (χ0) is 20.7. The summed E-state index contributed by atoms with van der Waals surface area (Å²) in [6.07, 6.45) is 7.77. The van der Waals surface area contributed by atoms with E-state index in [2.05, 4.69) is 32.3 Å². The average molecular weight is 390 g/mol. The van der Waals surface area contributed by atoms with Crippen molar-refractivity contribution in [3.63, 3.8) is 0 Å². The van der Waals surface area contributed by atoms with E-state index in [1.165, 1.54) is 7.11 Å². The number of methoxy groups -OCH3 is 1. The van der Waals surface area contributed by atoms with Crippen LogP contribution < -0.4 is 16.4 Å². The highest BCUT2D eigenvalue weighted by molar-refractivity contribution is 5.78.